The molecule has 2 fully saturated rings. The van der Waals surface area contributed by atoms with E-state index >= 15 is 0 Å². The van der Waals surface area contributed by atoms with Gasteiger partial charge in [0.25, 0.3) is 0 Å². The fourth-order valence-electron chi connectivity index (χ4n) is 2.84. The third-order valence-corrected chi connectivity index (χ3v) is 3.84. The first kappa shape index (κ1) is 12.8. The minimum atomic E-state index is 0.302. The Morgan fingerprint density at radius 3 is 2.94 bits per heavy atom. The van der Waals surface area contributed by atoms with Crippen molar-refractivity contribution in [3.63, 3.8) is 0 Å². The van der Waals surface area contributed by atoms with Crippen molar-refractivity contribution >= 4 is 5.91 Å². The number of likely N-dealkylation sites (N-methyl/N-ethyl adjacent to an activating group) is 1. The largest absolute Gasteiger partial charge is 0.378 e. The monoisotopic (exact) mass is 240 g/mol. The SMILES string of the molecule is CCN(C(=O)CCC1CCCO1)C1CCNC1. The lowest BCUT2D eigenvalue weighted by Gasteiger charge is -2.27. The molecule has 2 aliphatic rings. The number of nitrogens with zero attached hydrogens (tertiary/aromatic N) is 1. The Morgan fingerprint density at radius 2 is 2.35 bits per heavy atom. The molecular formula is C13H24N2O2. The van der Waals surface area contributed by atoms with Gasteiger partial charge in [-0.05, 0) is 39.2 Å². The van der Waals surface area contributed by atoms with Gasteiger partial charge in [0.15, 0.2) is 0 Å². The van der Waals surface area contributed by atoms with Crippen LogP contribution in [0.25, 0.3) is 0 Å². The summed E-state index contributed by atoms with van der Waals surface area (Å²) in [5, 5.41) is 3.32. The number of nitrogens with one attached hydrogen (secondary N) is 1. The molecule has 2 rings (SSSR count). The van der Waals surface area contributed by atoms with Crippen molar-refractivity contribution in [1.82, 2.24) is 10.2 Å². The molecule has 0 radical (unpaired) electrons. The van der Waals surface area contributed by atoms with Gasteiger partial charge in [0.05, 0.1) is 6.10 Å². The van der Waals surface area contributed by atoms with Gasteiger partial charge in [-0.15, -0.1) is 0 Å². The Hall–Kier alpha value is -0.610. The molecule has 2 atom stereocenters. The van der Waals surface area contributed by atoms with Crippen molar-refractivity contribution in [3.8, 4) is 0 Å². The Kier molecular flexibility index (Phi) is 4.80. The fourth-order valence-corrected chi connectivity index (χ4v) is 2.84. The van der Waals surface area contributed by atoms with Crippen LogP contribution in [0, 0.1) is 0 Å². The molecule has 2 heterocycles. The van der Waals surface area contributed by atoms with Crippen LogP contribution in [-0.2, 0) is 9.53 Å². The van der Waals surface area contributed by atoms with Crippen LogP contribution in [0.5, 0.6) is 0 Å². The molecule has 0 bridgehead atoms. The zero-order valence-electron chi connectivity index (χ0n) is 10.8. The van der Waals surface area contributed by atoms with Gasteiger partial charge < -0.3 is 15.0 Å². The lowest BCUT2D eigenvalue weighted by molar-refractivity contribution is -0.133. The van der Waals surface area contributed by atoms with E-state index in [0.29, 0.717) is 24.5 Å². The molecule has 4 nitrogen and oxygen atoms in total. The van der Waals surface area contributed by atoms with E-state index in [1.165, 1.54) is 0 Å². The summed E-state index contributed by atoms with van der Waals surface area (Å²) in [6.45, 7) is 5.78. The molecule has 2 unspecified atom stereocenters. The Bertz CT molecular complexity index is 246. The number of hydrogen-bond acceptors (Lipinski definition) is 3. The molecule has 0 aromatic heterocycles. The van der Waals surface area contributed by atoms with Crippen molar-refractivity contribution < 1.29 is 9.53 Å². The van der Waals surface area contributed by atoms with Crippen molar-refractivity contribution in [3.05, 3.63) is 0 Å². The van der Waals surface area contributed by atoms with E-state index in [4.69, 9.17) is 4.74 Å². The van der Waals surface area contributed by atoms with Crippen molar-refractivity contribution in [2.45, 2.75) is 51.2 Å². The van der Waals surface area contributed by atoms with Crippen LogP contribution in [-0.4, -0.2) is 49.2 Å². The predicted octanol–water partition coefficient (Wildman–Crippen LogP) is 1.16. The van der Waals surface area contributed by atoms with Crippen molar-refractivity contribution in [2.24, 2.45) is 0 Å². The van der Waals surface area contributed by atoms with E-state index in [1.807, 2.05) is 4.90 Å². The molecule has 98 valence electrons. The van der Waals surface area contributed by atoms with E-state index in [2.05, 4.69) is 12.2 Å². The van der Waals surface area contributed by atoms with Crippen LogP contribution in [0.4, 0.5) is 0 Å². The summed E-state index contributed by atoms with van der Waals surface area (Å²) < 4.78 is 5.56. The second-order valence-corrected chi connectivity index (χ2v) is 5.00. The maximum Gasteiger partial charge on any atom is 0.222 e. The molecule has 2 saturated heterocycles. The fraction of sp³-hybridized carbons (Fsp3) is 0.923. The zero-order valence-corrected chi connectivity index (χ0v) is 10.8. The smallest absolute Gasteiger partial charge is 0.222 e. The van der Waals surface area contributed by atoms with Gasteiger partial charge in [0, 0.05) is 32.2 Å². The highest BCUT2D eigenvalue weighted by atomic mass is 16.5. The maximum atomic E-state index is 12.2. The van der Waals surface area contributed by atoms with Gasteiger partial charge in [-0.25, -0.2) is 0 Å². The Morgan fingerprint density at radius 1 is 1.47 bits per heavy atom. The van der Waals surface area contributed by atoms with Crippen LogP contribution in [0.1, 0.15) is 39.0 Å². The average molecular weight is 240 g/mol. The first-order valence-electron chi connectivity index (χ1n) is 6.93. The van der Waals surface area contributed by atoms with Gasteiger partial charge >= 0.3 is 0 Å². The minimum Gasteiger partial charge on any atom is -0.378 e. The summed E-state index contributed by atoms with van der Waals surface area (Å²) in [6, 6.07) is 0.414. The second kappa shape index (κ2) is 6.36. The lowest BCUT2D eigenvalue weighted by atomic mass is 10.1. The van der Waals surface area contributed by atoms with E-state index in [0.717, 1.165) is 51.9 Å². The molecule has 0 spiro atoms. The van der Waals surface area contributed by atoms with E-state index < -0.39 is 0 Å². The molecule has 17 heavy (non-hydrogen) atoms. The van der Waals surface area contributed by atoms with Gasteiger partial charge in [-0.1, -0.05) is 0 Å². The van der Waals surface area contributed by atoms with Gasteiger partial charge in [0.1, 0.15) is 0 Å². The first-order chi connectivity index (χ1) is 8.31. The van der Waals surface area contributed by atoms with Crippen molar-refractivity contribution in [1.29, 1.82) is 0 Å². The average Bonchev–Trinajstić information content (AvgIpc) is 3.00. The van der Waals surface area contributed by atoms with E-state index in [9.17, 15) is 4.79 Å². The quantitative estimate of drug-likeness (QED) is 0.784. The number of hydrogen-bond donors (Lipinski definition) is 1. The summed E-state index contributed by atoms with van der Waals surface area (Å²) in [4.78, 5) is 14.2. The zero-order chi connectivity index (χ0) is 12.1. The summed E-state index contributed by atoms with van der Waals surface area (Å²) >= 11 is 0. The van der Waals surface area contributed by atoms with E-state index in [1.54, 1.807) is 0 Å². The molecular weight excluding hydrogens is 216 g/mol. The maximum absolute atomic E-state index is 12.2. The highest BCUT2D eigenvalue weighted by Crippen LogP contribution is 2.18. The van der Waals surface area contributed by atoms with Crippen LogP contribution >= 0.6 is 0 Å². The Labute approximate surface area is 104 Å². The predicted molar refractivity (Wildman–Crippen MR) is 66.9 cm³/mol. The number of carbonyl (C=O) groups excluding carboxylic acids is 1. The molecule has 2 aliphatic heterocycles. The molecule has 0 saturated carbocycles. The topological polar surface area (TPSA) is 41.6 Å². The van der Waals surface area contributed by atoms with Gasteiger partial charge in [0.2, 0.25) is 5.91 Å². The molecule has 4 heteroatoms. The summed E-state index contributed by atoms with van der Waals surface area (Å²) in [5.74, 6) is 0.302. The first-order valence-corrected chi connectivity index (χ1v) is 6.93. The highest BCUT2D eigenvalue weighted by molar-refractivity contribution is 5.76. The molecule has 1 N–H and O–H groups in total. The summed E-state index contributed by atoms with van der Waals surface area (Å²) in [7, 11) is 0. The molecule has 0 aliphatic carbocycles. The molecule has 0 aromatic rings. The van der Waals surface area contributed by atoms with Crippen LogP contribution in [0.3, 0.4) is 0 Å². The van der Waals surface area contributed by atoms with Crippen LogP contribution < -0.4 is 5.32 Å². The normalized spacial score (nSPS) is 28.5. The van der Waals surface area contributed by atoms with Crippen LogP contribution in [0.15, 0.2) is 0 Å². The summed E-state index contributed by atoms with van der Waals surface area (Å²) in [6.07, 6.45) is 5.26. The number of carbonyl (C=O) groups is 1. The van der Waals surface area contributed by atoms with Gasteiger partial charge in [-0.2, -0.15) is 0 Å². The third kappa shape index (κ3) is 3.42. The lowest BCUT2D eigenvalue weighted by Crippen LogP contribution is -2.41. The standard InChI is InChI=1S/C13H24N2O2/c1-2-15(11-7-8-14-10-11)13(16)6-5-12-4-3-9-17-12/h11-12,14H,2-10H2,1H3. The van der Waals surface area contributed by atoms with Crippen LogP contribution in [0.2, 0.25) is 0 Å². The number of rotatable bonds is 5. The number of amides is 1. The van der Waals surface area contributed by atoms with Gasteiger partial charge in [-0.3, -0.25) is 4.79 Å². The minimum absolute atomic E-state index is 0.302. The number of ether oxygens (including phenoxy) is 1. The third-order valence-electron chi connectivity index (χ3n) is 3.84. The molecule has 1 amide bonds. The molecule has 0 aromatic carbocycles. The second-order valence-electron chi connectivity index (χ2n) is 5.00. The summed E-state index contributed by atoms with van der Waals surface area (Å²) in [5.41, 5.74) is 0. The van der Waals surface area contributed by atoms with Crippen molar-refractivity contribution in [2.75, 3.05) is 26.2 Å². The Balaban J connectivity index is 1.75. The van der Waals surface area contributed by atoms with E-state index in [-0.39, 0.29) is 0 Å². The highest BCUT2D eigenvalue weighted by Gasteiger charge is 2.26.